The van der Waals surface area contributed by atoms with E-state index in [1.165, 1.54) is 12.1 Å². The maximum atomic E-state index is 12.9. The molecule has 1 aliphatic heterocycles. The molecule has 0 aliphatic carbocycles. The van der Waals surface area contributed by atoms with Gasteiger partial charge < -0.3 is 14.6 Å². The molecule has 2 unspecified atom stereocenters. The molecule has 0 spiro atoms. The van der Waals surface area contributed by atoms with E-state index in [1.54, 1.807) is 12.1 Å². The topological polar surface area (TPSA) is 52.9 Å². The predicted molar refractivity (Wildman–Crippen MR) is 159 cm³/mol. The van der Waals surface area contributed by atoms with Gasteiger partial charge in [-0.05, 0) is 71.8 Å². The second-order valence-corrected chi connectivity index (χ2v) is 18.3. The molecule has 0 radical (unpaired) electrons. The highest BCUT2D eigenvalue weighted by atomic mass is 35.5. The molecule has 2 N–H and O–H groups in total. The van der Waals surface area contributed by atoms with Crippen molar-refractivity contribution in [2.24, 2.45) is 0 Å². The van der Waals surface area contributed by atoms with Gasteiger partial charge in [0.2, 0.25) is 0 Å². The second-order valence-electron chi connectivity index (χ2n) is 12.1. The van der Waals surface area contributed by atoms with Crippen LogP contribution in [0.3, 0.4) is 0 Å². The molecule has 0 amide bonds. The van der Waals surface area contributed by atoms with E-state index in [1.807, 2.05) is 6.92 Å². The lowest BCUT2D eigenvalue weighted by Gasteiger charge is -2.43. The van der Waals surface area contributed by atoms with Crippen LogP contribution in [0.25, 0.3) is 0 Å². The number of hydrogen-bond donors (Lipinski definition) is 2. The average Bonchev–Trinajstić information content (AvgIpc) is 2.86. The van der Waals surface area contributed by atoms with E-state index >= 15 is 0 Å². The average molecular weight is 621 g/mol. The van der Waals surface area contributed by atoms with Crippen molar-refractivity contribution in [3.63, 3.8) is 0 Å². The summed E-state index contributed by atoms with van der Waals surface area (Å²) in [5, 5.41) is 23.2. The van der Waals surface area contributed by atoms with Crippen LogP contribution in [0.2, 0.25) is 26.7 Å². The van der Waals surface area contributed by atoms with Gasteiger partial charge in [-0.2, -0.15) is 13.2 Å². The Morgan fingerprint density at radius 3 is 1.73 bits per heavy atom. The molecular weight excluding hydrogens is 578 g/mol. The summed E-state index contributed by atoms with van der Waals surface area (Å²) in [6.45, 7) is 15.9. The van der Waals surface area contributed by atoms with Gasteiger partial charge in [0, 0.05) is 19.1 Å². The zero-order valence-corrected chi connectivity index (χ0v) is 26.8. The summed E-state index contributed by atoms with van der Waals surface area (Å²) in [4.78, 5) is 2.06. The van der Waals surface area contributed by atoms with E-state index in [4.69, 9.17) is 27.6 Å². The molecule has 1 heterocycles. The van der Waals surface area contributed by atoms with Crippen LogP contribution in [-0.2, 0) is 11.8 Å². The number of halogens is 5. The van der Waals surface area contributed by atoms with Gasteiger partial charge in [0.1, 0.15) is 5.75 Å². The number of aliphatic hydroxyl groups excluding tert-OH is 1. The molecule has 4 nitrogen and oxygen atoms in total. The van der Waals surface area contributed by atoms with Crippen molar-refractivity contribution >= 4 is 31.5 Å². The molecule has 1 aliphatic rings. The van der Waals surface area contributed by atoms with E-state index < -0.39 is 31.8 Å². The monoisotopic (exact) mass is 619 g/mol. The zero-order valence-electron chi connectivity index (χ0n) is 24.3. The number of benzene rings is 2. The fraction of sp³-hybridized carbons (Fsp3) is 0.600. The molecule has 40 heavy (non-hydrogen) atoms. The summed E-state index contributed by atoms with van der Waals surface area (Å²) in [7, 11) is -2.30. The van der Waals surface area contributed by atoms with E-state index in [2.05, 4.69) is 46.4 Å². The van der Waals surface area contributed by atoms with Crippen molar-refractivity contribution < 1.29 is 27.8 Å². The van der Waals surface area contributed by atoms with E-state index in [9.17, 15) is 23.4 Å². The van der Waals surface area contributed by atoms with Crippen LogP contribution in [0.5, 0.6) is 5.75 Å². The molecular formula is C30H42Cl2F3NO3Si. The Labute approximate surface area is 247 Å². The van der Waals surface area contributed by atoms with Crippen molar-refractivity contribution in [2.45, 2.75) is 102 Å². The Balaban J connectivity index is 1.74. The molecule has 0 aromatic heterocycles. The quantitative estimate of drug-likeness (QED) is 0.275. The van der Waals surface area contributed by atoms with Gasteiger partial charge >= 0.3 is 6.18 Å². The number of rotatable bonds is 9. The number of piperidine rings is 1. The van der Waals surface area contributed by atoms with Crippen LogP contribution in [-0.4, -0.2) is 42.6 Å². The van der Waals surface area contributed by atoms with Gasteiger partial charge in [0.05, 0.1) is 27.3 Å². The van der Waals surface area contributed by atoms with Crippen molar-refractivity contribution in [3.8, 4) is 5.75 Å². The molecule has 10 heteroatoms. The molecule has 0 bridgehead atoms. The number of hydrogen-bond acceptors (Lipinski definition) is 4. The Hall–Kier alpha value is -1.29. The number of alkyl halides is 3. The van der Waals surface area contributed by atoms with Crippen LogP contribution < -0.4 is 4.43 Å². The van der Waals surface area contributed by atoms with Crippen LogP contribution in [0.1, 0.15) is 84.1 Å². The minimum absolute atomic E-state index is 0.313. The summed E-state index contributed by atoms with van der Waals surface area (Å²) in [5.41, 5.74) is 0.0843. The van der Waals surface area contributed by atoms with Gasteiger partial charge in [-0.25, -0.2) is 0 Å². The predicted octanol–water partition coefficient (Wildman–Crippen LogP) is 8.97. The molecule has 3 rings (SSSR count). The molecule has 1 saturated heterocycles. The second kappa shape index (κ2) is 12.5. The normalized spacial score (nSPS) is 18.4. The molecule has 2 aromatic carbocycles. The molecule has 0 saturated carbocycles. The molecule has 224 valence electrons. The maximum absolute atomic E-state index is 12.9. The SMILES string of the molecule is CC(C(O)c1cc(Cl)c(O[Si](C(C)C)(C(C)C)C(C)C)c(Cl)c1)N1CCC(O)(c2ccc(C(F)(F)F)cc2)CC1. The first-order chi connectivity index (χ1) is 18.4. The third kappa shape index (κ3) is 6.68. The van der Waals surface area contributed by atoms with E-state index in [0.717, 1.165) is 12.1 Å². The maximum Gasteiger partial charge on any atom is 0.416 e. The van der Waals surface area contributed by atoms with Crippen LogP contribution in [0.4, 0.5) is 13.2 Å². The standard InChI is InChI=1S/C30H42Cl2F3NO3Si/c1-18(2)40(19(3)4,20(5)6)39-28-25(31)16-22(17-26(28)32)27(37)21(7)36-14-12-29(38,13-15-36)23-8-10-24(11-9-23)30(33,34)35/h8-11,16-21,27,37-38H,12-15H2,1-7H3. The van der Waals surface area contributed by atoms with Crippen LogP contribution in [0, 0.1) is 0 Å². The van der Waals surface area contributed by atoms with Gasteiger partial charge in [0.25, 0.3) is 8.32 Å². The van der Waals surface area contributed by atoms with Gasteiger partial charge in [-0.1, -0.05) is 76.9 Å². The summed E-state index contributed by atoms with van der Waals surface area (Å²) >= 11 is 13.4. The lowest BCUT2D eigenvalue weighted by Crippen LogP contribution is -2.50. The first-order valence-corrected chi connectivity index (χ1v) is 16.8. The minimum atomic E-state index is -4.42. The number of likely N-dealkylation sites (tertiary alicyclic amines) is 1. The highest BCUT2D eigenvalue weighted by Crippen LogP contribution is 2.47. The first kappa shape index (κ1) is 33.2. The van der Waals surface area contributed by atoms with Crippen molar-refractivity contribution in [3.05, 3.63) is 63.1 Å². The lowest BCUT2D eigenvalue weighted by molar-refractivity contribution is -0.137. The first-order valence-electron chi connectivity index (χ1n) is 13.9. The largest absolute Gasteiger partial charge is 0.541 e. The summed E-state index contributed by atoms with van der Waals surface area (Å²) < 4.78 is 45.6. The van der Waals surface area contributed by atoms with Gasteiger partial charge in [-0.3, -0.25) is 4.90 Å². The number of nitrogens with zero attached hydrogens (tertiary/aromatic N) is 1. The summed E-state index contributed by atoms with van der Waals surface area (Å²) in [6, 6.07) is 7.82. The van der Waals surface area contributed by atoms with E-state index in [0.29, 0.717) is 69.5 Å². The molecule has 2 aromatic rings. The van der Waals surface area contributed by atoms with Gasteiger partial charge in [-0.15, -0.1) is 0 Å². The fourth-order valence-corrected chi connectivity index (χ4v) is 12.4. The fourth-order valence-electron chi connectivity index (χ4n) is 6.42. The number of aliphatic hydroxyl groups is 2. The zero-order chi connectivity index (χ0) is 30.2. The highest BCUT2D eigenvalue weighted by Gasteiger charge is 2.48. The van der Waals surface area contributed by atoms with Crippen molar-refractivity contribution in [1.29, 1.82) is 0 Å². The third-order valence-electron chi connectivity index (χ3n) is 8.76. The van der Waals surface area contributed by atoms with Crippen molar-refractivity contribution in [1.82, 2.24) is 4.90 Å². The van der Waals surface area contributed by atoms with Crippen LogP contribution in [0.15, 0.2) is 36.4 Å². The Kier molecular flexibility index (Phi) is 10.4. The van der Waals surface area contributed by atoms with Crippen LogP contribution >= 0.6 is 23.2 Å². The minimum Gasteiger partial charge on any atom is -0.541 e. The molecule has 2 atom stereocenters. The Bertz CT molecular complexity index is 1110. The summed E-state index contributed by atoms with van der Waals surface area (Å²) in [5.74, 6) is 0.467. The smallest absolute Gasteiger partial charge is 0.416 e. The molecule has 1 fully saturated rings. The Morgan fingerprint density at radius 1 is 0.875 bits per heavy atom. The third-order valence-corrected chi connectivity index (χ3v) is 15.3. The van der Waals surface area contributed by atoms with Gasteiger partial charge in [0.15, 0.2) is 0 Å². The highest BCUT2D eigenvalue weighted by molar-refractivity contribution is 6.78. The summed E-state index contributed by atoms with van der Waals surface area (Å²) in [6.07, 6.45) is -4.66. The lowest BCUT2D eigenvalue weighted by atomic mass is 9.83. The van der Waals surface area contributed by atoms with E-state index in [-0.39, 0.29) is 6.04 Å². The van der Waals surface area contributed by atoms with Crippen molar-refractivity contribution in [2.75, 3.05) is 13.1 Å². The Morgan fingerprint density at radius 2 is 1.32 bits per heavy atom.